The predicted octanol–water partition coefficient (Wildman–Crippen LogP) is 1.43. The largest absolute Gasteiger partial charge is 0.379 e. The first-order valence-electron chi connectivity index (χ1n) is 6.74. The zero-order chi connectivity index (χ0) is 15.7. The van der Waals surface area contributed by atoms with Gasteiger partial charge in [-0.05, 0) is 32.4 Å². The van der Waals surface area contributed by atoms with Crippen LogP contribution in [0.15, 0.2) is 24.3 Å². The van der Waals surface area contributed by atoms with E-state index in [-0.39, 0.29) is 6.10 Å². The van der Waals surface area contributed by atoms with Crippen molar-refractivity contribution in [2.75, 3.05) is 18.5 Å². The fraction of sp³-hybridized carbons (Fsp3) is 0.400. The van der Waals surface area contributed by atoms with E-state index < -0.39 is 11.8 Å². The van der Waals surface area contributed by atoms with Crippen LogP contribution >= 0.6 is 0 Å². The van der Waals surface area contributed by atoms with Crippen molar-refractivity contribution in [2.45, 2.75) is 26.4 Å². The molecule has 6 heteroatoms. The van der Waals surface area contributed by atoms with Crippen molar-refractivity contribution < 1.29 is 14.3 Å². The van der Waals surface area contributed by atoms with Gasteiger partial charge in [0.05, 0.1) is 17.4 Å². The maximum Gasteiger partial charge on any atom is 0.313 e. The molecule has 0 bridgehead atoms. The van der Waals surface area contributed by atoms with E-state index in [0.29, 0.717) is 30.8 Å². The lowest BCUT2D eigenvalue weighted by Crippen LogP contribution is -2.36. The van der Waals surface area contributed by atoms with Crippen LogP contribution in [0.1, 0.15) is 25.8 Å². The number of hydrogen-bond acceptors (Lipinski definition) is 4. The molecule has 0 aliphatic carbocycles. The molecule has 1 aromatic carbocycles. The number of benzene rings is 1. The molecule has 1 aromatic rings. The summed E-state index contributed by atoms with van der Waals surface area (Å²) in [6.07, 6.45) is 0.776. The fourth-order valence-corrected chi connectivity index (χ4v) is 1.54. The van der Waals surface area contributed by atoms with Crippen LogP contribution in [0.5, 0.6) is 0 Å². The predicted molar refractivity (Wildman–Crippen MR) is 78.5 cm³/mol. The molecule has 0 saturated heterocycles. The summed E-state index contributed by atoms with van der Waals surface area (Å²) in [7, 11) is 0. The summed E-state index contributed by atoms with van der Waals surface area (Å²) in [5, 5.41) is 13.8. The first-order chi connectivity index (χ1) is 10.0. The lowest BCUT2D eigenvalue weighted by molar-refractivity contribution is -0.136. The van der Waals surface area contributed by atoms with Crippen molar-refractivity contribution in [2.24, 2.45) is 0 Å². The number of carbonyl (C=O) groups excluding carboxylic acids is 2. The molecule has 0 atom stereocenters. The summed E-state index contributed by atoms with van der Waals surface area (Å²) in [6, 6.07) is 8.44. The number of nitrogens with one attached hydrogen (secondary N) is 2. The summed E-state index contributed by atoms with van der Waals surface area (Å²) in [6.45, 7) is 4.74. The highest BCUT2D eigenvalue weighted by Gasteiger charge is 2.14. The van der Waals surface area contributed by atoms with Gasteiger partial charge in [-0.2, -0.15) is 5.26 Å². The van der Waals surface area contributed by atoms with E-state index >= 15 is 0 Å². The Kier molecular flexibility index (Phi) is 6.92. The average Bonchev–Trinajstić information content (AvgIpc) is 2.46. The zero-order valence-electron chi connectivity index (χ0n) is 12.2. The molecule has 2 N–H and O–H groups in total. The lowest BCUT2D eigenvalue weighted by atomic mass is 10.2. The minimum absolute atomic E-state index is 0.145. The molecule has 0 spiro atoms. The number of rotatable bonds is 6. The molecule has 0 radical (unpaired) electrons. The van der Waals surface area contributed by atoms with Gasteiger partial charge >= 0.3 is 11.8 Å². The van der Waals surface area contributed by atoms with Crippen LogP contribution in [-0.4, -0.2) is 31.1 Å². The summed E-state index contributed by atoms with van der Waals surface area (Å²) in [4.78, 5) is 23.3. The van der Waals surface area contributed by atoms with Crippen LogP contribution in [0.3, 0.4) is 0 Å². The molecule has 0 aromatic heterocycles. The molecular formula is C15H19N3O3. The zero-order valence-corrected chi connectivity index (χ0v) is 12.2. The molecule has 21 heavy (non-hydrogen) atoms. The van der Waals surface area contributed by atoms with Crippen molar-refractivity contribution in [3.8, 4) is 6.07 Å². The third kappa shape index (κ3) is 6.06. The van der Waals surface area contributed by atoms with Crippen LogP contribution in [0.4, 0.5) is 5.69 Å². The summed E-state index contributed by atoms with van der Waals surface area (Å²) >= 11 is 0. The standard InChI is InChI=1S/C15H19N3O3/c1-11(2)21-9-5-8-17-14(19)15(20)18-13-7-4-3-6-12(13)10-16/h3-4,6-7,11H,5,8-9H2,1-2H3,(H,17,19)(H,18,20). The van der Waals surface area contributed by atoms with Gasteiger partial charge in [-0.15, -0.1) is 0 Å². The highest BCUT2D eigenvalue weighted by Crippen LogP contribution is 2.12. The first kappa shape index (κ1) is 16.7. The highest BCUT2D eigenvalue weighted by molar-refractivity contribution is 6.39. The lowest BCUT2D eigenvalue weighted by Gasteiger charge is -2.09. The van der Waals surface area contributed by atoms with Gasteiger partial charge < -0.3 is 15.4 Å². The van der Waals surface area contributed by atoms with E-state index in [0.717, 1.165) is 0 Å². The Morgan fingerprint density at radius 2 is 2.00 bits per heavy atom. The van der Waals surface area contributed by atoms with Crippen LogP contribution in [0.2, 0.25) is 0 Å². The van der Waals surface area contributed by atoms with E-state index in [4.69, 9.17) is 10.00 Å². The Labute approximate surface area is 124 Å². The maximum absolute atomic E-state index is 11.7. The van der Waals surface area contributed by atoms with Crippen LogP contribution < -0.4 is 10.6 Å². The molecule has 2 amide bonds. The Morgan fingerprint density at radius 3 is 2.67 bits per heavy atom. The smallest absolute Gasteiger partial charge is 0.313 e. The second-order valence-electron chi connectivity index (χ2n) is 4.64. The van der Waals surface area contributed by atoms with E-state index in [1.807, 2.05) is 19.9 Å². The number of nitrogens with zero attached hydrogens (tertiary/aromatic N) is 1. The summed E-state index contributed by atoms with van der Waals surface area (Å²) < 4.78 is 5.32. The number of hydrogen-bond donors (Lipinski definition) is 2. The van der Waals surface area contributed by atoms with E-state index in [2.05, 4.69) is 10.6 Å². The molecular weight excluding hydrogens is 270 g/mol. The van der Waals surface area contributed by atoms with Crippen LogP contribution in [0.25, 0.3) is 0 Å². The average molecular weight is 289 g/mol. The monoisotopic (exact) mass is 289 g/mol. The molecule has 112 valence electrons. The van der Waals surface area contributed by atoms with E-state index in [9.17, 15) is 9.59 Å². The van der Waals surface area contributed by atoms with Gasteiger partial charge in [0, 0.05) is 13.2 Å². The van der Waals surface area contributed by atoms with Crippen molar-refractivity contribution >= 4 is 17.5 Å². The molecule has 0 aliphatic rings. The fourth-order valence-electron chi connectivity index (χ4n) is 1.54. The van der Waals surface area contributed by atoms with Gasteiger partial charge in [0.2, 0.25) is 0 Å². The van der Waals surface area contributed by atoms with Gasteiger partial charge in [-0.1, -0.05) is 12.1 Å². The number of carbonyl (C=O) groups is 2. The minimum Gasteiger partial charge on any atom is -0.379 e. The Morgan fingerprint density at radius 1 is 1.29 bits per heavy atom. The molecule has 0 fully saturated rings. The number of amides is 2. The van der Waals surface area contributed by atoms with Gasteiger partial charge in [0.15, 0.2) is 0 Å². The third-order valence-electron chi connectivity index (χ3n) is 2.56. The second kappa shape index (κ2) is 8.72. The molecule has 0 heterocycles. The van der Waals surface area contributed by atoms with Gasteiger partial charge in [-0.25, -0.2) is 0 Å². The number of anilines is 1. The number of para-hydroxylation sites is 1. The van der Waals surface area contributed by atoms with E-state index in [1.165, 1.54) is 0 Å². The minimum atomic E-state index is -0.789. The maximum atomic E-state index is 11.7. The topological polar surface area (TPSA) is 91.2 Å². The molecule has 0 unspecified atom stereocenters. The Balaban J connectivity index is 2.38. The molecule has 6 nitrogen and oxygen atoms in total. The van der Waals surface area contributed by atoms with Gasteiger partial charge in [-0.3, -0.25) is 9.59 Å². The first-order valence-corrected chi connectivity index (χ1v) is 6.74. The van der Waals surface area contributed by atoms with Crippen molar-refractivity contribution in [3.05, 3.63) is 29.8 Å². The SMILES string of the molecule is CC(C)OCCCNC(=O)C(=O)Nc1ccccc1C#N. The highest BCUT2D eigenvalue weighted by atomic mass is 16.5. The van der Waals surface area contributed by atoms with Crippen molar-refractivity contribution in [1.82, 2.24) is 5.32 Å². The van der Waals surface area contributed by atoms with Crippen LogP contribution in [-0.2, 0) is 14.3 Å². The quantitative estimate of drug-likeness (QED) is 0.612. The van der Waals surface area contributed by atoms with Gasteiger partial charge in [0.25, 0.3) is 0 Å². The second-order valence-corrected chi connectivity index (χ2v) is 4.64. The van der Waals surface area contributed by atoms with E-state index in [1.54, 1.807) is 24.3 Å². The number of nitriles is 1. The summed E-state index contributed by atoms with van der Waals surface area (Å²) in [5.41, 5.74) is 0.632. The molecule has 0 saturated carbocycles. The van der Waals surface area contributed by atoms with Gasteiger partial charge in [0.1, 0.15) is 6.07 Å². The Bertz CT molecular complexity index is 535. The molecule has 1 rings (SSSR count). The van der Waals surface area contributed by atoms with Crippen molar-refractivity contribution in [3.63, 3.8) is 0 Å². The molecule has 0 aliphatic heterocycles. The summed E-state index contributed by atoms with van der Waals surface area (Å²) in [5.74, 6) is -1.52. The number of ether oxygens (including phenoxy) is 1. The Hall–Kier alpha value is -2.39. The van der Waals surface area contributed by atoms with Crippen molar-refractivity contribution in [1.29, 1.82) is 5.26 Å². The normalized spacial score (nSPS) is 10.0. The third-order valence-corrected chi connectivity index (χ3v) is 2.56. The van der Waals surface area contributed by atoms with Crippen LogP contribution in [0, 0.1) is 11.3 Å².